The predicted octanol–water partition coefficient (Wildman–Crippen LogP) is 4.30. The Hall–Kier alpha value is -4.09. The minimum atomic E-state index is -0.720. The number of anilines is 1. The highest BCUT2D eigenvalue weighted by Gasteiger charge is 2.19. The summed E-state index contributed by atoms with van der Waals surface area (Å²) in [5.74, 6) is -1.33. The van der Waals surface area contributed by atoms with Gasteiger partial charge in [0.2, 0.25) is 5.88 Å². The number of carbonyl (C=O) groups is 1. The third-order valence-electron chi connectivity index (χ3n) is 6.77. The van der Waals surface area contributed by atoms with Gasteiger partial charge in [-0.3, -0.25) is 9.69 Å². The van der Waals surface area contributed by atoms with Crippen LogP contribution in [-0.2, 0) is 0 Å². The summed E-state index contributed by atoms with van der Waals surface area (Å²) < 4.78 is 42.5. The van der Waals surface area contributed by atoms with Gasteiger partial charge in [-0.05, 0) is 45.2 Å². The van der Waals surface area contributed by atoms with Crippen LogP contribution in [-0.4, -0.2) is 76.7 Å². The lowest BCUT2D eigenvalue weighted by Crippen LogP contribution is -2.45. The largest absolute Gasteiger partial charge is 0.490 e. The van der Waals surface area contributed by atoms with Crippen molar-refractivity contribution in [3.05, 3.63) is 77.2 Å². The SMILES string of the molecule is Cc1ccc(F)c(C(=O)Nc2ccc(Oc3ncnn4cc(OCCN5CCN(C)CC5)c(C)c34)c(F)c2)c1. The molecule has 0 bridgehead atoms. The monoisotopic (exact) mass is 536 g/mol. The topological polar surface area (TPSA) is 84.2 Å². The third kappa shape index (κ3) is 5.99. The highest BCUT2D eigenvalue weighted by molar-refractivity contribution is 6.04. The van der Waals surface area contributed by atoms with Gasteiger partial charge in [0, 0.05) is 50.0 Å². The number of rotatable bonds is 8. The number of nitrogens with one attached hydrogen (secondary N) is 1. The van der Waals surface area contributed by atoms with Gasteiger partial charge in [-0.15, -0.1) is 0 Å². The molecular weight excluding hydrogens is 506 g/mol. The molecule has 1 saturated heterocycles. The first-order valence-electron chi connectivity index (χ1n) is 12.7. The number of likely N-dealkylation sites (N-methyl/N-ethyl adjacent to an activating group) is 1. The summed E-state index contributed by atoms with van der Waals surface area (Å²) in [7, 11) is 2.12. The first kappa shape index (κ1) is 26.5. The second kappa shape index (κ2) is 11.3. The number of aryl methyl sites for hydroxylation is 2. The van der Waals surface area contributed by atoms with Crippen molar-refractivity contribution in [1.29, 1.82) is 0 Å². The number of hydrogen-bond acceptors (Lipinski definition) is 7. The maximum absolute atomic E-state index is 15.0. The van der Waals surface area contributed by atoms with E-state index < -0.39 is 17.5 Å². The number of amides is 1. The summed E-state index contributed by atoms with van der Waals surface area (Å²) in [6.07, 6.45) is 3.07. The fraction of sp³-hybridized carbons (Fsp3) is 0.321. The van der Waals surface area contributed by atoms with Gasteiger partial charge in [-0.1, -0.05) is 11.6 Å². The van der Waals surface area contributed by atoms with Crippen LogP contribution in [0.4, 0.5) is 14.5 Å². The van der Waals surface area contributed by atoms with Crippen molar-refractivity contribution in [3.8, 4) is 17.4 Å². The number of carbonyl (C=O) groups excluding carboxylic acids is 1. The summed E-state index contributed by atoms with van der Waals surface area (Å²) in [5, 5.41) is 6.76. The van der Waals surface area contributed by atoms with Gasteiger partial charge in [-0.2, -0.15) is 10.1 Å². The van der Waals surface area contributed by atoms with Crippen molar-refractivity contribution in [3.63, 3.8) is 0 Å². The molecule has 1 fully saturated rings. The Morgan fingerprint density at radius 3 is 2.59 bits per heavy atom. The van der Waals surface area contributed by atoms with Crippen molar-refractivity contribution in [1.82, 2.24) is 24.4 Å². The number of benzene rings is 2. The molecule has 3 heterocycles. The molecule has 1 aliphatic rings. The number of piperazine rings is 1. The van der Waals surface area contributed by atoms with Crippen LogP contribution in [0.2, 0.25) is 0 Å². The molecule has 0 spiro atoms. The van der Waals surface area contributed by atoms with Crippen LogP contribution >= 0.6 is 0 Å². The Balaban J connectivity index is 1.28. The molecule has 0 aliphatic carbocycles. The van der Waals surface area contributed by atoms with Gasteiger partial charge in [0.25, 0.3) is 5.91 Å². The molecule has 2 aromatic heterocycles. The molecule has 1 N–H and O–H groups in total. The van der Waals surface area contributed by atoms with E-state index in [4.69, 9.17) is 9.47 Å². The maximum atomic E-state index is 15.0. The molecule has 1 amide bonds. The lowest BCUT2D eigenvalue weighted by atomic mass is 10.1. The highest BCUT2D eigenvalue weighted by atomic mass is 19.1. The smallest absolute Gasteiger partial charge is 0.258 e. The van der Waals surface area contributed by atoms with Gasteiger partial charge in [0.1, 0.15) is 30.0 Å². The zero-order valence-corrected chi connectivity index (χ0v) is 22.1. The van der Waals surface area contributed by atoms with E-state index >= 15 is 0 Å². The number of ether oxygens (including phenoxy) is 2. The van der Waals surface area contributed by atoms with Crippen LogP contribution in [0.1, 0.15) is 21.5 Å². The van der Waals surface area contributed by atoms with E-state index in [1.807, 2.05) is 6.92 Å². The molecule has 0 radical (unpaired) electrons. The summed E-state index contributed by atoms with van der Waals surface area (Å²) in [6, 6.07) is 8.18. The van der Waals surface area contributed by atoms with Crippen molar-refractivity contribution >= 4 is 17.1 Å². The summed E-state index contributed by atoms with van der Waals surface area (Å²) in [4.78, 5) is 21.4. The van der Waals surface area contributed by atoms with Crippen molar-refractivity contribution in [2.24, 2.45) is 0 Å². The van der Waals surface area contributed by atoms with E-state index in [0.29, 0.717) is 17.9 Å². The molecule has 5 rings (SSSR count). The first-order chi connectivity index (χ1) is 18.8. The number of fused-ring (bicyclic) bond motifs is 1. The van der Waals surface area contributed by atoms with E-state index in [0.717, 1.165) is 49.9 Å². The number of halogens is 2. The molecule has 4 aromatic rings. The van der Waals surface area contributed by atoms with E-state index in [9.17, 15) is 13.6 Å². The molecule has 0 unspecified atom stereocenters. The predicted molar refractivity (Wildman–Crippen MR) is 143 cm³/mol. The molecule has 204 valence electrons. The van der Waals surface area contributed by atoms with Crippen LogP contribution in [0.5, 0.6) is 17.4 Å². The van der Waals surface area contributed by atoms with Gasteiger partial charge < -0.3 is 19.7 Å². The highest BCUT2D eigenvalue weighted by Crippen LogP contribution is 2.33. The van der Waals surface area contributed by atoms with E-state index in [1.54, 1.807) is 23.7 Å². The van der Waals surface area contributed by atoms with Crippen LogP contribution in [0.25, 0.3) is 5.52 Å². The van der Waals surface area contributed by atoms with E-state index in [2.05, 4.69) is 32.2 Å². The lowest BCUT2D eigenvalue weighted by molar-refractivity contribution is 0.102. The summed E-state index contributed by atoms with van der Waals surface area (Å²) >= 11 is 0. The fourth-order valence-electron chi connectivity index (χ4n) is 4.46. The van der Waals surface area contributed by atoms with Gasteiger partial charge >= 0.3 is 0 Å². The van der Waals surface area contributed by atoms with Crippen LogP contribution in [0.15, 0.2) is 48.9 Å². The number of hydrogen-bond donors (Lipinski definition) is 1. The van der Waals surface area contributed by atoms with Gasteiger partial charge in [-0.25, -0.2) is 13.3 Å². The first-order valence-corrected chi connectivity index (χ1v) is 12.7. The Morgan fingerprint density at radius 2 is 1.82 bits per heavy atom. The minimum Gasteiger partial charge on any atom is -0.490 e. The van der Waals surface area contributed by atoms with Crippen molar-refractivity contribution < 1.29 is 23.0 Å². The quantitative estimate of drug-likeness (QED) is 0.360. The van der Waals surface area contributed by atoms with Gasteiger partial charge in [0.15, 0.2) is 11.6 Å². The molecule has 0 saturated carbocycles. The molecule has 2 aromatic carbocycles. The zero-order valence-electron chi connectivity index (χ0n) is 22.1. The summed E-state index contributed by atoms with van der Waals surface area (Å²) in [6.45, 7) is 9.08. The maximum Gasteiger partial charge on any atom is 0.258 e. The molecule has 11 heteroatoms. The molecule has 39 heavy (non-hydrogen) atoms. The summed E-state index contributed by atoms with van der Waals surface area (Å²) in [5.41, 5.74) is 2.10. The second-order valence-electron chi connectivity index (χ2n) is 9.65. The Bertz CT molecular complexity index is 1500. The minimum absolute atomic E-state index is 0.0894. The van der Waals surface area contributed by atoms with Crippen molar-refractivity contribution in [2.45, 2.75) is 13.8 Å². The van der Waals surface area contributed by atoms with Gasteiger partial charge in [0.05, 0.1) is 11.8 Å². The Labute approximate surface area is 225 Å². The van der Waals surface area contributed by atoms with E-state index in [1.165, 1.54) is 30.6 Å². The number of aromatic nitrogens is 3. The standard InChI is InChI=1S/C28H30F2N6O3/c1-18-4-6-22(29)21(14-18)27(37)33-20-5-7-24(23(30)15-20)39-28-26-19(2)25(16-36(26)32-17-31-28)38-13-12-35-10-8-34(3)9-11-35/h4-7,14-17H,8-13H2,1-3H3,(H,33,37). The fourth-order valence-corrected chi connectivity index (χ4v) is 4.46. The molecule has 0 atom stereocenters. The van der Waals surface area contributed by atoms with Crippen LogP contribution in [0.3, 0.4) is 0 Å². The lowest BCUT2D eigenvalue weighted by Gasteiger charge is -2.32. The Kier molecular flexibility index (Phi) is 7.71. The normalized spacial score (nSPS) is 14.5. The second-order valence-corrected chi connectivity index (χ2v) is 9.65. The molecular formula is C28H30F2N6O3. The average Bonchev–Trinajstić information content (AvgIpc) is 3.24. The van der Waals surface area contributed by atoms with Crippen LogP contribution < -0.4 is 14.8 Å². The Morgan fingerprint density at radius 1 is 1.03 bits per heavy atom. The zero-order chi connectivity index (χ0) is 27.5. The van der Waals surface area contributed by atoms with E-state index in [-0.39, 0.29) is 22.9 Å². The molecule has 9 nitrogen and oxygen atoms in total. The van der Waals surface area contributed by atoms with Crippen LogP contribution in [0, 0.1) is 25.5 Å². The number of nitrogens with zero attached hydrogens (tertiary/aromatic N) is 5. The molecule has 1 aliphatic heterocycles. The third-order valence-corrected chi connectivity index (χ3v) is 6.77. The average molecular weight is 537 g/mol. The van der Waals surface area contributed by atoms with Crippen molar-refractivity contribution in [2.75, 3.05) is 51.7 Å².